The van der Waals surface area contributed by atoms with Crippen LogP contribution in [-0.2, 0) is 7.05 Å². The van der Waals surface area contributed by atoms with Crippen LogP contribution in [-0.4, -0.2) is 30.5 Å². The van der Waals surface area contributed by atoms with Gasteiger partial charge in [0.15, 0.2) is 11.0 Å². The number of nitro groups is 1. The lowest BCUT2D eigenvalue weighted by atomic mass is 10.2. The van der Waals surface area contributed by atoms with Crippen molar-refractivity contribution in [2.24, 2.45) is 17.9 Å². The highest BCUT2D eigenvalue weighted by Gasteiger charge is 2.17. The van der Waals surface area contributed by atoms with Crippen LogP contribution in [0.4, 0.5) is 5.69 Å². The minimum absolute atomic E-state index is 0.176. The number of pyridine rings is 1. The van der Waals surface area contributed by atoms with Crippen LogP contribution in [0.25, 0.3) is 0 Å². The van der Waals surface area contributed by atoms with Crippen molar-refractivity contribution in [1.82, 2.24) is 14.5 Å². The van der Waals surface area contributed by atoms with Crippen LogP contribution in [0.2, 0.25) is 0 Å². The Morgan fingerprint density at radius 3 is 2.90 bits per heavy atom. The molecular formula is C10H10N6O3S. The highest BCUT2D eigenvalue weighted by atomic mass is 32.2. The number of rotatable bonds is 4. The molecule has 0 aromatic carbocycles. The van der Waals surface area contributed by atoms with Crippen molar-refractivity contribution in [2.45, 2.75) is 10.2 Å². The normalized spacial score (nSPS) is 11.6. The molecular weight excluding hydrogens is 284 g/mol. The second kappa shape index (κ2) is 5.57. The molecule has 0 atom stereocenters. The zero-order valence-electron chi connectivity index (χ0n) is 10.3. The van der Waals surface area contributed by atoms with E-state index < -0.39 is 4.92 Å². The molecule has 0 aliphatic rings. The summed E-state index contributed by atoms with van der Waals surface area (Å²) in [6.07, 6.45) is 4.47. The van der Waals surface area contributed by atoms with E-state index in [0.717, 1.165) is 18.0 Å². The third kappa shape index (κ3) is 2.69. The van der Waals surface area contributed by atoms with Crippen molar-refractivity contribution in [3.8, 4) is 0 Å². The lowest BCUT2D eigenvalue weighted by Crippen LogP contribution is -2.15. The molecule has 0 aliphatic carbocycles. The molecule has 0 spiro atoms. The molecule has 0 bridgehead atoms. The Balaban J connectivity index is 2.47. The monoisotopic (exact) mass is 294 g/mol. The van der Waals surface area contributed by atoms with E-state index in [9.17, 15) is 10.1 Å². The molecule has 104 valence electrons. The molecule has 20 heavy (non-hydrogen) atoms. The predicted octanol–water partition coefficient (Wildman–Crippen LogP) is 0.969. The quantitative estimate of drug-likeness (QED) is 0.282. The van der Waals surface area contributed by atoms with E-state index >= 15 is 0 Å². The summed E-state index contributed by atoms with van der Waals surface area (Å²) >= 11 is 1.16. The van der Waals surface area contributed by atoms with Gasteiger partial charge in [0.1, 0.15) is 11.2 Å². The third-order valence-electron chi connectivity index (χ3n) is 2.40. The second-order valence-electron chi connectivity index (χ2n) is 3.71. The lowest BCUT2D eigenvalue weighted by Gasteiger charge is -2.06. The number of nitrogens with two attached hydrogens (primary N) is 1. The summed E-state index contributed by atoms with van der Waals surface area (Å²) in [5, 5.41) is 23.4. The van der Waals surface area contributed by atoms with E-state index in [-0.39, 0.29) is 17.1 Å². The minimum atomic E-state index is -0.601. The molecule has 0 saturated heterocycles. The van der Waals surface area contributed by atoms with Crippen LogP contribution >= 0.6 is 11.8 Å². The molecule has 0 fully saturated rings. The smallest absolute Gasteiger partial charge is 0.288 e. The number of nitrogens with zero attached hydrogens (tertiary/aromatic N) is 5. The Morgan fingerprint density at radius 2 is 2.35 bits per heavy atom. The van der Waals surface area contributed by atoms with Crippen molar-refractivity contribution in [2.75, 3.05) is 0 Å². The number of aryl methyl sites for hydroxylation is 1. The van der Waals surface area contributed by atoms with Crippen molar-refractivity contribution >= 4 is 23.3 Å². The third-order valence-corrected chi connectivity index (χ3v) is 3.49. The summed E-state index contributed by atoms with van der Waals surface area (Å²) in [6.45, 7) is 0. The maximum atomic E-state index is 10.7. The number of amidine groups is 1. The van der Waals surface area contributed by atoms with E-state index in [0.29, 0.717) is 10.2 Å². The van der Waals surface area contributed by atoms with Gasteiger partial charge in [-0.2, -0.15) is 0 Å². The van der Waals surface area contributed by atoms with E-state index in [1.807, 2.05) is 0 Å². The Kier molecular flexibility index (Phi) is 3.84. The number of aromatic nitrogens is 3. The molecule has 0 amide bonds. The van der Waals surface area contributed by atoms with Gasteiger partial charge < -0.3 is 15.5 Å². The zero-order chi connectivity index (χ0) is 14.7. The Hall–Kier alpha value is -2.62. The number of oxime groups is 1. The molecule has 2 heterocycles. The summed E-state index contributed by atoms with van der Waals surface area (Å²) in [6, 6.07) is 1.20. The average Bonchev–Trinajstić information content (AvgIpc) is 2.83. The predicted molar refractivity (Wildman–Crippen MR) is 70.7 cm³/mol. The van der Waals surface area contributed by atoms with Crippen LogP contribution in [0.15, 0.2) is 40.0 Å². The molecule has 0 unspecified atom stereocenters. The SMILES string of the molecule is Cn1ccnc1Sc1ncc([N+](=O)[O-])cc1C(N)=NO. The lowest BCUT2D eigenvalue weighted by molar-refractivity contribution is -0.385. The van der Waals surface area contributed by atoms with E-state index in [2.05, 4.69) is 15.1 Å². The fourth-order valence-corrected chi connectivity index (χ4v) is 2.27. The highest BCUT2D eigenvalue weighted by molar-refractivity contribution is 7.99. The van der Waals surface area contributed by atoms with Crippen LogP contribution in [0, 0.1) is 10.1 Å². The van der Waals surface area contributed by atoms with Crippen LogP contribution in [0.5, 0.6) is 0 Å². The molecule has 9 nitrogen and oxygen atoms in total. The summed E-state index contributed by atoms with van der Waals surface area (Å²) < 4.78 is 1.75. The molecule has 2 rings (SSSR count). The summed E-state index contributed by atoms with van der Waals surface area (Å²) in [5.74, 6) is -0.252. The van der Waals surface area contributed by atoms with Crippen molar-refractivity contribution in [3.05, 3.63) is 40.3 Å². The topological polar surface area (TPSA) is 132 Å². The van der Waals surface area contributed by atoms with Gasteiger partial charge in [-0.15, -0.1) is 0 Å². The van der Waals surface area contributed by atoms with Crippen LogP contribution < -0.4 is 5.73 Å². The van der Waals surface area contributed by atoms with E-state index in [1.165, 1.54) is 6.07 Å². The van der Waals surface area contributed by atoms with Crippen LogP contribution in [0.3, 0.4) is 0 Å². The molecule has 0 aliphatic heterocycles. The zero-order valence-corrected chi connectivity index (χ0v) is 11.1. The standard InChI is InChI=1S/C10H10N6O3S/c1-15-3-2-12-10(15)20-9-7(8(11)14-17)4-6(5-13-9)16(18)19/h2-5,17H,1H3,(H2,11,14). The first-order valence-corrected chi connectivity index (χ1v) is 6.12. The van der Waals surface area contributed by atoms with Gasteiger partial charge in [0.2, 0.25) is 0 Å². The summed E-state index contributed by atoms with van der Waals surface area (Å²) in [5.41, 5.74) is 5.46. The van der Waals surface area contributed by atoms with Gasteiger partial charge in [-0.25, -0.2) is 9.97 Å². The molecule has 2 aromatic heterocycles. The van der Waals surface area contributed by atoms with Gasteiger partial charge in [-0.3, -0.25) is 10.1 Å². The maximum Gasteiger partial charge on any atom is 0.288 e. The first-order valence-electron chi connectivity index (χ1n) is 5.30. The Bertz CT molecular complexity index is 683. The first kappa shape index (κ1) is 13.8. The van der Waals surface area contributed by atoms with Gasteiger partial charge in [0.25, 0.3) is 5.69 Å². The minimum Gasteiger partial charge on any atom is -0.409 e. The number of hydrogen-bond donors (Lipinski definition) is 2. The molecule has 3 N–H and O–H groups in total. The first-order chi connectivity index (χ1) is 9.52. The summed E-state index contributed by atoms with van der Waals surface area (Å²) in [7, 11) is 1.80. The largest absolute Gasteiger partial charge is 0.409 e. The number of imidazole rings is 1. The highest BCUT2D eigenvalue weighted by Crippen LogP contribution is 2.29. The fraction of sp³-hybridized carbons (Fsp3) is 0.100. The Morgan fingerprint density at radius 1 is 1.60 bits per heavy atom. The van der Waals surface area contributed by atoms with Gasteiger partial charge in [0.05, 0.1) is 10.5 Å². The van der Waals surface area contributed by atoms with E-state index in [1.54, 1.807) is 24.0 Å². The van der Waals surface area contributed by atoms with Gasteiger partial charge in [0, 0.05) is 25.5 Å². The van der Waals surface area contributed by atoms with Crippen LogP contribution in [0.1, 0.15) is 5.56 Å². The molecule has 10 heteroatoms. The number of hydrogen-bond acceptors (Lipinski definition) is 7. The fourth-order valence-electron chi connectivity index (χ4n) is 1.40. The molecule has 0 saturated carbocycles. The molecule has 2 aromatic rings. The molecule has 0 radical (unpaired) electrons. The van der Waals surface area contributed by atoms with Gasteiger partial charge >= 0.3 is 0 Å². The summed E-state index contributed by atoms with van der Waals surface area (Å²) in [4.78, 5) is 18.2. The van der Waals surface area contributed by atoms with Crippen molar-refractivity contribution < 1.29 is 10.1 Å². The van der Waals surface area contributed by atoms with Crippen molar-refractivity contribution in [1.29, 1.82) is 0 Å². The average molecular weight is 294 g/mol. The van der Waals surface area contributed by atoms with E-state index in [4.69, 9.17) is 10.9 Å². The van der Waals surface area contributed by atoms with Crippen molar-refractivity contribution in [3.63, 3.8) is 0 Å². The second-order valence-corrected chi connectivity index (χ2v) is 4.67. The maximum absolute atomic E-state index is 10.7. The van der Waals surface area contributed by atoms with Gasteiger partial charge in [-0.05, 0) is 11.8 Å². The van der Waals surface area contributed by atoms with Gasteiger partial charge in [-0.1, -0.05) is 5.16 Å². The Labute approximate surface area is 117 Å².